The van der Waals surface area contributed by atoms with Gasteiger partial charge >= 0.3 is 6.09 Å². The average molecular weight is 580 g/mol. The topological polar surface area (TPSA) is 105 Å². The maximum atomic E-state index is 15.5. The van der Waals surface area contributed by atoms with E-state index >= 15 is 4.39 Å². The van der Waals surface area contributed by atoms with Crippen molar-refractivity contribution in [2.45, 2.75) is 40.8 Å². The van der Waals surface area contributed by atoms with Gasteiger partial charge in [0.1, 0.15) is 5.82 Å². The van der Waals surface area contributed by atoms with Gasteiger partial charge in [-0.2, -0.15) is 0 Å². The number of anilines is 2. The van der Waals surface area contributed by atoms with Crippen molar-refractivity contribution in [1.29, 1.82) is 0 Å². The highest BCUT2D eigenvalue weighted by molar-refractivity contribution is 8.01. The van der Waals surface area contributed by atoms with Crippen LogP contribution in [0.2, 0.25) is 0 Å². The molecule has 4 aromatic heterocycles. The molecular formula is C28H30FN7O2S2. The number of methoxy groups -OCH3 is 1. The predicted molar refractivity (Wildman–Crippen MR) is 154 cm³/mol. The van der Waals surface area contributed by atoms with E-state index < -0.39 is 0 Å². The van der Waals surface area contributed by atoms with Crippen LogP contribution in [0.3, 0.4) is 0 Å². The molecule has 208 valence electrons. The van der Waals surface area contributed by atoms with Crippen LogP contribution in [0.15, 0.2) is 70.3 Å². The second kappa shape index (κ2) is 12.7. The van der Waals surface area contributed by atoms with Gasteiger partial charge in [0.25, 0.3) is 0 Å². The summed E-state index contributed by atoms with van der Waals surface area (Å²) in [5.74, 6) is 0.365. The van der Waals surface area contributed by atoms with Gasteiger partial charge in [-0.25, -0.2) is 19.2 Å². The first kappa shape index (κ1) is 27.9. The lowest BCUT2D eigenvalue weighted by molar-refractivity contribution is 0.0977. The van der Waals surface area contributed by atoms with E-state index in [0.717, 1.165) is 28.3 Å². The lowest BCUT2D eigenvalue weighted by atomic mass is 9.75. The Balaban J connectivity index is 1.23. The molecule has 1 amide bonds. The van der Waals surface area contributed by atoms with E-state index in [1.165, 1.54) is 30.2 Å². The summed E-state index contributed by atoms with van der Waals surface area (Å²) in [7, 11) is 1.40. The molecule has 0 radical (unpaired) electrons. The van der Waals surface area contributed by atoms with Crippen molar-refractivity contribution in [1.82, 2.24) is 30.2 Å². The summed E-state index contributed by atoms with van der Waals surface area (Å²) in [6, 6.07) is 11.4. The number of carbonyl (C=O) groups is 1. The lowest BCUT2D eigenvalue weighted by Crippen LogP contribution is -2.49. The van der Waals surface area contributed by atoms with Crippen LogP contribution in [0.1, 0.15) is 29.8 Å². The number of halogens is 1. The molecule has 1 fully saturated rings. The number of pyridine rings is 3. The van der Waals surface area contributed by atoms with Crippen molar-refractivity contribution < 1.29 is 13.9 Å². The van der Waals surface area contributed by atoms with E-state index in [1.807, 2.05) is 37.3 Å². The van der Waals surface area contributed by atoms with Gasteiger partial charge in [-0.05, 0) is 55.7 Å². The molecule has 1 aliphatic heterocycles. The summed E-state index contributed by atoms with van der Waals surface area (Å²) in [5, 5.41) is 7.31. The van der Waals surface area contributed by atoms with Crippen LogP contribution in [-0.2, 0) is 16.7 Å². The number of aromatic nitrogens is 4. The molecule has 0 aromatic carbocycles. The Labute approximate surface area is 240 Å². The quantitative estimate of drug-likeness (QED) is 0.264. The number of likely N-dealkylation sites (tertiary alicyclic amines) is 1. The number of rotatable bonds is 9. The maximum Gasteiger partial charge on any atom is 0.409 e. The molecule has 5 heterocycles. The molecular weight excluding hydrogens is 549 g/mol. The van der Waals surface area contributed by atoms with E-state index in [4.69, 9.17) is 4.74 Å². The Kier molecular flexibility index (Phi) is 8.88. The Bertz CT molecular complexity index is 1450. The van der Waals surface area contributed by atoms with Gasteiger partial charge in [0, 0.05) is 55.9 Å². The van der Waals surface area contributed by atoms with E-state index in [2.05, 4.69) is 30.6 Å². The smallest absolute Gasteiger partial charge is 0.409 e. The third kappa shape index (κ3) is 6.57. The molecule has 0 saturated carbocycles. The van der Waals surface area contributed by atoms with Crippen LogP contribution < -0.4 is 10.6 Å². The van der Waals surface area contributed by atoms with Crippen LogP contribution in [0.4, 0.5) is 20.1 Å². The first-order chi connectivity index (χ1) is 19.5. The fraction of sp³-hybridized carbons (Fsp3) is 0.321. The van der Waals surface area contributed by atoms with Crippen LogP contribution in [-0.4, -0.2) is 57.7 Å². The number of ether oxygens (including phenoxy) is 1. The molecule has 0 bridgehead atoms. The van der Waals surface area contributed by atoms with Crippen molar-refractivity contribution in [3.05, 3.63) is 84.0 Å². The zero-order valence-corrected chi connectivity index (χ0v) is 23.9. The van der Waals surface area contributed by atoms with Crippen LogP contribution in [0, 0.1) is 12.7 Å². The van der Waals surface area contributed by atoms with Crippen molar-refractivity contribution in [2.24, 2.45) is 0 Å². The molecule has 0 unspecified atom stereocenters. The number of nitrogens with zero attached hydrogens (tertiary/aromatic N) is 5. The highest BCUT2D eigenvalue weighted by atomic mass is 32.2. The monoisotopic (exact) mass is 579 g/mol. The van der Waals surface area contributed by atoms with Crippen molar-refractivity contribution >= 4 is 40.1 Å². The van der Waals surface area contributed by atoms with Crippen LogP contribution >= 0.6 is 23.1 Å². The fourth-order valence-corrected chi connectivity index (χ4v) is 6.61. The molecule has 4 aromatic rings. The van der Waals surface area contributed by atoms with Crippen LogP contribution in [0.25, 0.3) is 0 Å². The number of hydrogen-bond acceptors (Lipinski definition) is 10. The first-order valence-electron chi connectivity index (χ1n) is 12.9. The third-order valence-corrected chi connectivity index (χ3v) is 8.94. The molecule has 5 rings (SSSR count). The van der Waals surface area contributed by atoms with E-state index in [1.54, 1.807) is 35.8 Å². The summed E-state index contributed by atoms with van der Waals surface area (Å²) in [6.07, 6.45) is 8.00. The van der Waals surface area contributed by atoms with E-state index in [-0.39, 0.29) is 23.9 Å². The van der Waals surface area contributed by atoms with Gasteiger partial charge in [0.05, 0.1) is 28.1 Å². The van der Waals surface area contributed by atoms with Crippen LogP contribution in [0.5, 0.6) is 0 Å². The number of aryl methyl sites for hydroxylation is 1. The fourth-order valence-electron chi connectivity index (χ4n) is 4.72. The van der Waals surface area contributed by atoms with Gasteiger partial charge in [-0.3, -0.25) is 9.97 Å². The maximum absolute atomic E-state index is 15.5. The number of amides is 1. The van der Waals surface area contributed by atoms with Gasteiger partial charge in [0.2, 0.25) is 0 Å². The predicted octanol–water partition coefficient (Wildman–Crippen LogP) is 5.56. The average Bonchev–Trinajstić information content (AvgIpc) is 3.42. The summed E-state index contributed by atoms with van der Waals surface area (Å²) in [4.78, 5) is 31.9. The summed E-state index contributed by atoms with van der Waals surface area (Å²) >= 11 is 2.75. The first-order valence-corrected chi connectivity index (χ1v) is 14.5. The molecule has 2 N–H and O–H groups in total. The number of hydrogen-bond donors (Lipinski definition) is 2. The van der Waals surface area contributed by atoms with Gasteiger partial charge in [-0.1, -0.05) is 29.2 Å². The third-order valence-electron chi connectivity index (χ3n) is 6.89. The SMILES string of the molecule is COC(=O)N1CCC(CNCc2nccc(Sc3cnc(Nc4cc(C)ccn4)s3)c2F)(c2ccccn2)CC1. The van der Waals surface area contributed by atoms with E-state index in [0.29, 0.717) is 41.2 Å². The Morgan fingerprint density at radius 3 is 2.70 bits per heavy atom. The molecule has 40 heavy (non-hydrogen) atoms. The molecule has 1 saturated heterocycles. The zero-order chi connectivity index (χ0) is 28.0. The summed E-state index contributed by atoms with van der Waals surface area (Å²) < 4.78 is 21.2. The highest BCUT2D eigenvalue weighted by Crippen LogP contribution is 2.37. The van der Waals surface area contributed by atoms with Gasteiger partial charge < -0.3 is 20.3 Å². The normalized spacial score (nSPS) is 14.6. The highest BCUT2D eigenvalue weighted by Gasteiger charge is 2.38. The molecule has 0 spiro atoms. The summed E-state index contributed by atoms with van der Waals surface area (Å²) in [6.45, 7) is 3.98. The molecule has 12 heteroatoms. The van der Waals surface area contributed by atoms with Crippen molar-refractivity contribution in [3.63, 3.8) is 0 Å². The van der Waals surface area contributed by atoms with Gasteiger partial charge in [0.15, 0.2) is 10.9 Å². The van der Waals surface area contributed by atoms with Crippen molar-refractivity contribution in [3.8, 4) is 0 Å². The Morgan fingerprint density at radius 1 is 1.12 bits per heavy atom. The minimum absolute atomic E-state index is 0.268. The Hall–Kier alpha value is -3.61. The number of thiazole rings is 1. The second-order valence-electron chi connectivity index (χ2n) is 9.56. The largest absolute Gasteiger partial charge is 0.453 e. The molecule has 9 nitrogen and oxygen atoms in total. The number of carbonyl (C=O) groups excluding carboxylic acids is 1. The Morgan fingerprint density at radius 2 is 1.95 bits per heavy atom. The minimum Gasteiger partial charge on any atom is -0.453 e. The zero-order valence-electron chi connectivity index (χ0n) is 22.3. The van der Waals surface area contributed by atoms with Gasteiger partial charge in [-0.15, -0.1) is 0 Å². The lowest BCUT2D eigenvalue weighted by Gasteiger charge is -2.41. The molecule has 0 atom stereocenters. The second-order valence-corrected chi connectivity index (χ2v) is 11.9. The number of piperidine rings is 1. The van der Waals surface area contributed by atoms with E-state index in [9.17, 15) is 4.79 Å². The molecule has 0 aliphatic carbocycles. The minimum atomic E-state index is -0.351. The number of nitrogens with one attached hydrogen (secondary N) is 2. The van der Waals surface area contributed by atoms with Crippen molar-refractivity contribution in [2.75, 3.05) is 32.1 Å². The standard InChI is InChI=1S/C28H30FN7O2S2/c1-19-6-11-33-23(15-19)35-26-34-17-24(40-26)39-21-7-12-31-20(25(21)29)16-30-18-28(22-5-3-4-10-32-22)8-13-36(14-9-28)27(37)38-2/h3-7,10-12,15,17,30H,8-9,13-14,16,18H2,1-2H3,(H,33,34,35). The summed E-state index contributed by atoms with van der Waals surface area (Å²) in [5.41, 5.74) is 2.12. The molecule has 1 aliphatic rings.